The Kier molecular flexibility index (Phi) is 7.48. The van der Waals surface area contributed by atoms with Gasteiger partial charge in [-0.15, -0.1) is 0 Å². The van der Waals surface area contributed by atoms with E-state index in [1.807, 2.05) is 24.3 Å². The molecule has 2 N–H and O–H groups in total. The fourth-order valence-corrected chi connectivity index (χ4v) is 1.97. The zero-order valence-electron chi connectivity index (χ0n) is 12.5. The SMILES string of the molecule is CCCCC(CC)COC(=O)/C=C/c1cccc(N)c1. The van der Waals surface area contributed by atoms with E-state index in [2.05, 4.69) is 13.8 Å². The van der Waals surface area contributed by atoms with Crippen LogP contribution < -0.4 is 5.73 Å². The molecule has 110 valence electrons. The van der Waals surface area contributed by atoms with Gasteiger partial charge >= 0.3 is 5.97 Å². The molecule has 0 fully saturated rings. The number of benzene rings is 1. The van der Waals surface area contributed by atoms with E-state index in [9.17, 15) is 4.79 Å². The van der Waals surface area contributed by atoms with Crippen molar-refractivity contribution in [2.24, 2.45) is 5.92 Å². The fourth-order valence-electron chi connectivity index (χ4n) is 1.97. The molecule has 20 heavy (non-hydrogen) atoms. The molecule has 1 aromatic rings. The molecule has 3 heteroatoms. The normalized spacial score (nSPS) is 12.5. The van der Waals surface area contributed by atoms with Gasteiger partial charge in [-0.25, -0.2) is 4.79 Å². The molecule has 0 saturated heterocycles. The molecular formula is C17H25NO2. The molecule has 0 aliphatic heterocycles. The standard InChI is InChI=1S/C17H25NO2/c1-3-5-7-14(4-2)13-20-17(19)11-10-15-8-6-9-16(18)12-15/h6,8-12,14H,3-5,7,13,18H2,1-2H3/b11-10+. The minimum atomic E-state index is -0.289. The third kappa shape index (κ3) is 6.41. The van der Waals surface area contributed by atoms with Crippen LogP contribution in [0, 0.1) is 5.92 Å². The Morgan fingerprint density at radius 2 is 2.20 bits per heavy atom. The number of ether oxygens (including phenoxy) is 1. The molecule has 0 aromatic heterocycles. The van der Waals surface area contributed by atoms with Crippen molar-refractivity contribution in [1.82, 2.24) is 0 Å². The van der Waals surface area contributed by atoms with Crippen LogP contribution >= 0.6 is 0 Å². The molecular weight excluding hydrogens is 250 g/mol. The minimum Gasteiger partial charge on any atom is -0.462 e. The van der Waals surface area contributed by atoms with Gasteiger partial charge in [-0.05, 0) is 36.1 Å². The van der Waals surface area contributed by atoms with E-state index in [0.717, 1.165) is 18.4 Å². The molecule has 0 bridgehead atoms. The van der Waals surface area contributed by atoms with Crippen molar-refractivity contribution in [3.63, 3.8) is 0 Å². The predicted molar refractivity (Wildman–Crippen MR) is 84.2 cm³/mol. The number of rotatable bonds is 8. The zero-order valence-corrected chi connectivity index (χ0v) is 12.5. The molecule has 0 aliphatic carbocycles. The summed E-state index contributed by atoms with van der Waals surface area (Å²) >= 11 is 0. The number of nitrogen functional groups attached to an aromatic ring is 1. The summed E-state index contributed by atoms with van der Waals surface area (Å²) < 4.78 is 5.29. The third-order valence-corrected chi connectivity index (χ3v) is 3.33. The summed E-state index contributed by atoms with van der Waals surface area (Å²) in [5.74, 6) is 0.182. The van der Waals surface area contributed by atoms with Crippen LogP contribution in [-0.4, -0.2) is 12.6 Å². The molecule has 0 aliphatic rings. The van der Waals surface area contributed by atoms with E-state index in [1.54, 1.807) is 6.08 Å². The smallest absolute Gasteiger partial charge is 0.330 e. The van der Waals surface area contributed by atoms with E-state index in [-0.39, 0.29) is 5.97 Å². The van der Waals surface area contributed by atoms with Gasteiger partial charge in [0.2, 0.25) is 0 Å². The average Bonchev–Trinajstić information content (AvgIpc) is 2.45. The van der Waals surface area contributed by atoms with Crippen LogP contribution in [0.4, 0.5) is 5.69 Å². The second kappa shape index (κ2) is 9.18. The van der Waals surface area contributed by atoms with Crippen molar-refractivity contribution in [1.29, 1.82) is 0 Å². The van der Waals surface area contributed by atoms with E-state index in [1.165, 1.54) is 18.9 Å². The second-order valence-electron chi connectivity index (χ2n) is 5.05. The molecule has 0 radical (unpaired) electrons. The quantitative estimate of drug-likeness (QED) is 0.442. The first-order chi connectivity index (χ1) is 9.65. The van der Waals surface area contributed by atoms with Crippen LogP contribution in [0.5, 0.6) is 0 Å². The second-order valence-corrected chi connectivity index (χ2v) is 5.05. The fraction of sp³-hybridized carbons (Fsp3) is 0.471. The maximum absolute atomic E-state index is 11.7. The van der Waals surface area contributed by atoms with Crippen LogP contribution in [0.1, 0.15) is 45.1 Å². The van der Waals surface area contributed by atoms with E-state index >= 15 is 0 Å². The molecule has 0 heterocycles. The number of hydrogen-bond acceptors (Lipinski definition) is 3. The predicted octanol–water partition coefficient (Wildman–Crippen LogP) is 4.04. The Morgan fingerprint density at radius 1 is 1.40 bits per heavy atom. The van der Waals surface area contributed by atoms with Crippen molar-refractivity contribution in [2.45, 2.75) is 39.5 Å². The summed E-state index contributed by atoms with van der Waals surface area (Å²) in [4.78, 5) is 11.7. The Bertz CT molecular complexity index is 440. The lowest BCUT2D eigenvalue weighted by atomic mass is 10.0. The number of carbonyl (C=O) groups excluding carboxylic acids is 1. The number of nitrogens with two attached hydrogens (primary N) is 1. The van der Waals surface area contributed by atoms with Gasteiger partial charge < -0.3 is 10.5 Å². The summed E-state index contributed by atoms with van der Waals surface area (Å²) in [5.41, 5.74) is 7.27. The van der Waals surface area contributed by atoms with Crippen molar-refractivity contribution >= 4 is 17.7 Å². The molecule has 0 spiro atoms. The number of esters is 1. The summed E-state index contributed by atoms with van der Waals surface area (Å²) in [5, 5.41) is 0. The first-order valence-corrected chi connectivity index (χ1v) is 7.36. The van der Waals surface area contributed by atoms with Crippen molar-refractivity contribution < 1.29 is 9.53 Å². The van der Waals surface area contributed by atoms with E-state index in [4.69, 9.17) is 10.5 Å². The Balaban J connectivity index is 2.39. The lowest BCUT2D eigenvalue weighted by Gasteiger charge is -2.13. The van der Waals surface area contributed by atoms with E-state index in [0.29, 0.717) is 18.2 Å². The number of unbranched alkanes of at least 4 members (excludes halogenated alkanes) is 1. The van der Waals surface area contributed by atoms with Crippen molar-refractivity contribution in [3.05, 3.63) is 35.9 Å². The van der Waals surface area contributed by atoms with Crippen LogP contribution in [0.25, 0.3) is 6.08 Å². The third-order valence-electron chi connectivity index (χ3n) is 3.33. The lowest BCUT2D eigenvalue weighted by Crippen LogP contribution is -2.12. The van der Waals surface area contributed by atoms with Crippen molar-refractivity contribution in [3.8, 4) is 0 Å². The summed E-state index contributed by atoms with van der Waals surface area (Å²) in [6.45, 7) is 4.82. The average molecular weight is 275 g/mol. The highest BCUT2D eigenvalue weighted by atomic mass is 16.5. The van der Waals surface area contributed by atoms with E-state index < -0.39 is 0 Å². The van der Waals surface area contributed by atoms with Gasteiger partial charge in [0.25, 0.3) is 0 Å². The minimum absolute atomic E-state index is 0.289. The maximum Gasteiger partial charge on any atom is 0.330 e. The van der Waals surface area contributed by atoms with Crippen molar-refractivity contribution in [2.75, 3.05) is 12.3 Å². The summed E-state index contributed by atoms with van der Waals surface area (Å²) in [7, 11) is 0. The Hall–Kier alpha value is -1.77. The van der Waals surface area contributed by atoms with Gasteiger partial charge in [0.1, 0.15) is 0 Å². The first-order valence-electron chi connectivity index (χ1n) is 7.36. The Morgan fingerprint density at radius 3 is 2.85 bits per heavy atom. The highest BCUT2D eigenvalue weighted by molar-refractivity contribution is 5.87. The molecule has 0 saturated carbocycles. The summed E-state index contributed by atoms with van der Waals surface area (Å²) in [6.07, 6.45) is 7.73. The topological polar surface area (TPSA) is 52.3 Å². The first kappa shape index (κ1) is 16.3. The van der Waals surface area contributed by atoms with Gasteiger partial charge in [0.05, 0.1) is 6.61 Å². The molecule has 1 aromatic carbocycles. The van der Waals surface area contributed by atoms with Gasteiger partial charge in [-0.1, -0.05) is 45.2 Å². The largest absolute Gasteiger partial charge is 0.462 e. The van der Waals surface area contributed by atoms with Gasteiger partial charge in [-0.2, -0.15) is 0 Å². The highest BCUT2D eigenvalue weighted by Crippen LogP contribution is 2.13. The number of anilines is 1. The zero-order chi connectivity index (χ0) is 14.8. The highest BCUT2D eigenvalue weighted by Gasteiger charge is 2.08. The molecule has 0 amide bonds. The van der Waals surface area contributed by atoms with Crippen LogP contribution in [-0.2, 0) is 9.53 Å². The molecule has 3 nitrogen and oxygen atoms in total. The Labute approximate surface area is 121 Å². The number of carbonyl (C=O) groups is 1. The lowest BCUT2D eigenvalue weighted by molar-refractivity contribution is -0.139. The van der Waals surface area contributed by atoms with Gasteiger partial charge in [0.15, 0.2) is 0 Å². The summed E-state index contributed by atoms with van der Waals surface area (Å²) in [6, 6.07) is 7.39. The van der Waals surface area contributed by atoms with Crippen LogP contribution in [0.15, 0.2) is 30.3 Å². The van der Waals surface area contributed by atoms with Crippen LogP contribution in [0.2, 0.25) is 0 Å². The van der Waals surface area contributed by atoms with Gasteiger partial charge in [-0.3, -0.25) is 0 Å². The number of hydrogen-bond donors (Lipinski definition) is 1. The molecule has 1 unspecified atom stereocenters. The maximum atomic E-state index is 11.7. The molecule has 1 rings (SSSR count). The molecule has 1 atom stereocenters. The van der Waals surface area contributed by atoms with Gasteiger partial charge in [0, 0.05) is 11.8 Å². The monoisotopic (exact) mass is 275 g/mol. The van der Waals surface area contributed by atoms with Crippen LogP contribution in [0.3, 0.4) is 0 Å².